The van der Waals surface area contributed by atoms with Crippen molar-refractivity contribution in [2.75, 3.05) is 5.32 Å². The highest BCUT2D eigenvalue weighted by Crippen LogP contribution is 2.30. The molecule has 30 heavy (non-hydrogen) atoms. The maximum atomic E-state index is 12.4. The highest BCUT2D eigenvalue weighted by molar-refractivity contribution is 7.18. The van der Waals surface area contributed by atoms with Crippen LogP contribution in [0.4, 0.5) is 5.82 Å². The van der Waals surface area contributed by atoms with Gasteiger partial charge < -0.3 is 14.5 Å². The number of carbonyl (C=O) groups excluding carboxylic acids is 2. The van der Waals surface area contributed by atoms with Gasteiger partial charge in [0.05, 0.1) is 14.7 Å². The smallest absolute Gasteiger partial charge is 0.374 e. The van der Waals surface area contributed by atoms with Gasteiger partial charge in [0.15, 0.2) is 5.82 Å². The lowest BCUT2D eigenvalue weighted by Crippen LogP contribution is -2.23. The Balaban J connectivity index is 1.60. The molecule has 0 radical (unpaired) electrons. The first-order valence-corrected chi connectivity index (χ1v) is 10.3. The number of hydrogen-bond acceptors (Lipinski definition) is 6. The van der Waals surface area contributed by atoms with Gasteiger partial charge in [0.1, 0.15) is 11.4 Å². The highest BCUT2D eigenvalue weighted by atomic mass is 35.5. The van der Waals surface area contributed by atoms with Gasteiger partial charge in [-0.15, -0.1) is 11.3 Å². The van der Waals surface area contributed by atoms with E-state index >= 15 is 0 Å². The molecule has 1 amide bonds. The normalized spacial score (nSPS) is 11.6. The van der Waals surface area contributed by atoms with E-state index in [4.69, 9.17) is 20.8 Å². The molecule has 2 N–H and O–H groups in total. The van der Waals surface area contributed by atoms with Gasteiger partial charge in [0.25, 0.3) is 5.91 Å². The molecule has 3 heterocycles. The summed E-state index contributed by atoms with van der Waals surface area (Å²) in [7, 11) is 0. The van der Waals surface area contributed by atoms with Crippen LogP contribution in [0.1, 0.15) is 41.0 Å². The molecule has 4 rings (SSSR count). The van der Waals surface area contributed by atoms with Gasteiger partial charge in [0, 0.05) is 10.9 Å². The number of H-pyrrole nitrogens is 1. The van der Waals surface area contributed by atoms with Crippen LogP contribution in [0, 0.1) is 0 Å². The largest absolute Gasteiger partial charge is 0.454 e. The second kappa shape index (κ2) is 7.62. The number of fused-ring (bicyclic) bond motifs is 1. The summed E-state index contributed by atoms with van der Waals surface area (Å²) in [5.41, 5.74) is 0.866. The Morgan fingerprint density at radius 2 is 1.97 bits per heavy atom. The van der Waals surface area contributed by atoms with E-state index in [-0.39, 0.29) is 11.7 Å². The van der Waals surface area contributed by atoms with Crippen LogP contribution in [-0.4, -0.2) is 27.7 Å². The van der Waals surface area contributed by atoms with E-state index in [0.29, 0.717) is 26.2 Å². The van der Waals surface area contributed by atoms with E-state index in [9.17, 15) is 9.59 Å². The summed E-state index contributed by atoms with van der Waals surface area (Å²) in [5.74, 6) is 0.188. The lowest BCUT2D eigenvalue weighted by Gasteiger charge is -2.18. The van der Waals surface area contributed by atoms with Crippen LogP contribution in [0.25, 0.3) is 22.2 Å². The lowest BCUT2D eigenvalue weighted by atomic mass is 10.1. The number of aromatic nitrogens is 2. The molecule has 0 spiro atoms. The van der Waals surface area contributed by atoms with Gasteiger partial charge in [0.2, 0.25) is 5.76 Å². The van der Waals surface area contributed by atoms with Gasteiger partial charge >= 0.3 is 5.97 Å². The molecule has 0 unspecified atom stereocenters. The number of furan rings is 1. The van der Waals surface area contributed by atoms with E-state index in [0.717, 1.165) is 11.1 Å². The fraction of sp³-hybridized carbons (Fsp3) is 0.190. The molecular weight excluding hydrogens is 426 g/mol. The number of aromatic amines is 1. The molecule has 0 atom stereocenters. The zero-order valence-electron chi connectivity index (χ0n) is 16.4. The molecule has 1 aromatic carbocycles. The Morgan fingerprint density at radius 1 is 1.17 bits per heavy atom. The average Bonchev–Trinajstić information content (AvgIpc) is 3.40. The molecular formula is C21H18ClN3O4S. The summed E-state index contributed by atoms with van der Waals surface area (Å²) >= 11 is 7.09. The number of carbonyl (C=O) groups is 2. The summed E-state index contributed by atoms with van der Waals surface area (Å²) < 4.78 is 11.6. The molecule has 0 aliphatic rings. The Labute approximate surface area is 181 Å². The van der Waals surface area contributed by atoms with Crippen LogP contribution < -0.4 is 5.32 Å². The van der Waals surface area contributed by atoms with Gasteiger partial charge in [-0.2, -0.15) is 5.10 Å². The minimum Gasteiger partial charge on any atom is -0.454 e. The van der Waals surface area contributed by atoms with E-state index < -0.39 is 11.6 Å². The molecule has 154 valence electrons. The maximum Gasteiger partial charge on any atom is 0.374 e. The Bertz CT molecular complexity index is 1250. The van der Waals surface area contributed by atoms with Crippen molar-refractivity contribution in [1.82, 2.24) is 10.2 Å². The van der Waals surface area contributed by atoms with Crippen molar-refractivity contribution >= 4 is 51.5 Å². The first-order valence-electron chi connectivity index (χ1n) is 9.08. The summed E-state index contributed by atoms with van der Waals surface area (Å²) in [6.45, 7) is 5.38. The van der Waals surface area contributed by atoms with E-state index in [1.807, 2.05) is 18.2 Å². The fourth-order valence-corrected chi connectivity index (χ4v) is 3.74. The maximum absolute atomic E-state index is 12.4. The molecule has 0 bridgehead atoms. The number of benzene rings is 1. The second-order valence-corrected chi connectivity index (χ2v) is 9.27. The third-order valence-corrected chi connectivity index (χ3v) is 5.31. The van der Waals surface area contributed by atoms with Crippen molar-refractivity contribution < 1.29 is 18.7 Å². The number of halogens is 1. The average molecular weight is 444 g/mol. The first-order chi connectivity index (χ1) is 14.2. The number of amides is 1. The van der Waals surface area contributed by atoms with E-state index in [1.54, 1.807) is 45.0 Å². The molecule has 0 fully saturated rings. The van der Waals surface area contributed by atoms with Crippen LogP contribution in [0.5, 0.6) is 0 Å². The number of hydrogen-bond donors (Lipinski definition) is 2. The fourth-order valence-electron chi connectivity index (χ4n) is 2.80. The van der Waals surface area contributed by atoms with Crippen LogP contribution in [0.2, 0.25) is 4.34 Å². The van der Waals surface area contributed by atoms with Gasteiger partial charge in [-0.3, -0.25) is 9.89 Å². The topological polar surface area (TPSA) is 97.2 Å². The Kier molecular flexibility index (Phi) is 5.13. The molecule has 7 nitrogen and oxygen atoms in total. The van der Waals surface area contributed by atoms with Gasteiger partial charge in [-0.25, -0.2) is 4.79 Å². The molecule has 0 aliphatic heterocycles. The number of rotatable bonds is 4. The molecule has 9 heteroatoms. The minimum absolute atomic E-state index is 0.121. The standard InChI is InChI=1S/C21H18ClN3O4S/c1-21(2,3)29-20(27)15-7-6-14(28-15)11-4-5-13-12(10-11)18(25-24-13)23-19(26)16-8-9-17(22)30-16/h4-10H,1-3H3,(H2,23,24,25,26). The number of nitrogens with zero attached hydrogens (tertiary/aromatic N) is 1. The molecule has 0 saturated heterocycles. The van der Waals surface area contributed by atoms with Crippen LogP contribution in [0.15, 0.2) is 46.9 Å². The predicted octanol–water partition coefficient (Wildman–Crippen LogP) is 5.75. The van der Waals surface area contributed by atoms with Crippen molar-refractivity contribution in [1.29, 1.82) is 0 Å². The Morgan fingerprint density at radius 3 is 2.67 bits per heavy atom. The Hall–Kier alpha value is -3.10. The van der Waals surface area contributed by atoms with Crippen molar-refractivity contribution in [2.24, 2.45) is 0 Å². The zero-order valence-corrected chi connectivity index (χ0v) is 18.0. The number of anilines is 1. The molecule has 3 aromatic heterocycles. The number of thiophene rings is 1. The van der Waals surface area contributed by atoms with Crippen molar-refractivity contribution in [2.45, 2.75) is 26.4 Å². The zero-order chi connectivity index (χ0) is 21.5. The molecule has 0 aliphatic carbocycles. The summed E-state index contributed by atoms with van der Waals surface area (Å²) in [4.78, 5) is 25.1. The number of esters is 1. The SMILES string of the molecule is CC(C)(C)OC(=O)c1ccc(-c2ccc3[nH]nc(NC(=O)c4ccc(Cl)s4)c3c2)o1. The van der Waals surface area contributed by atoms with Crippen molar-refractivity contribution in [3.05, 3.63) is 57.4 Å². The predicted molar refractivity (Wildman–Crippen MR) is 116 cm³/mol. The third kappa shape index (κ3) is 4.24. The van der Waals surface area contributed by atoms with Crippen molar-refractivity contribution in [3.63, 3.8) is 0 Å². The third-order valence-electron chi connectivity index (χ3n) is 4.08. The minimum atomic E-state index is -0.611. The summed E-state index contributed by atoms with van der Waals surface area (Å²) in [5, 5.41) is 10.6. The van der Waals surface area contributed by atoms with Crippen molar-refractivity contribution in [3.8, 4) is 11.3 Å². The van der Waals surface area contributed by atoms with E-state index in [2.05, 4.69) is 15.5 Å². The quantitative estimate of drug-likeness (QED) is 0.391. The van der Waals surface area contributed by atoms with Crippen LogP contribution in [-0.2, 0) is 4.74 Å². The highest BCUT2D eigenvalue weighted by Gasteiger charge is 2.21. The summed E-state index contributed by atoms with van der Waals surface area (Å²) in [6.07, 6.45) is 0. The van der Waals surface area contributed by atoms with Crippen LogP contribution in [0.3, 0.4) is 0 Å². The first kappa shape index (κ1) is 20.2. The number of ether oxygens (including phenoxy) is 1. The van der Waals surface area contributed by atoms with Gasteiger partial charge in [-0.05, 0) is 63.2 Å². The van der Waals surface area contributed by atoms with E-state index in [1.165, 1.54) is 11.3 Å². The van der Waals surface area contributed by atoms with Crippen LogP contribution >= 0.6 is 22.9 Å². The van der Waals surface area contributed by atoms with Gasteiger partial charge in [-0.1, -0.05) is 11.6 Å². The molecule has 4 aromatic rings. The lowest BCUT2D eigenvalue weighted by molar-refractivity contribution is 0.00367. The monoisotopic (exact) mass is 443 g/mol. The molecule has 0 saturated carbocycles. The number of nitrogens with one attached hydrogen (secondary N) is 2. The second-order valence-electron chi connectivity index (χ2n) is 7.56. The summed E-state index contributed by atoms with van der Waals surface area (Å²) in [6, 6.07) is 12.1.